The molecule has 0 amide bonds. The molecule has 1 unspecified atom stereocenters. The molecule has 3 aromatic carbocycles. The Kier molecular flexibility index (Phi) is 7.54. The average molecular weight is 505 g/mol. The van der Waals surface area contributed by atoms with Gasteiger partial charge in [-0.2, -0.15) is 0 Å². The van der Waals surface area contributed by atoms with Crippen molar-refractivity contribution in [1.29, 1.82) is 0 Å². The highest BCUT2D eigenvalue weighted by atomic mass is 32.2. The van der Waals surface area contributed by atoms with Crippen molar-refractivity contribution in [2.24, 2.45) is 0 Å². The summed E-state index contributed by atoms with van der Waals surface area (Å²) in [5, 5.41) is 1.19. The van der Waals surface area contributed by atoms with Gasteiger partial charge < -0.3 is 14.5 Å². The Morgan fingerprint density at radius 3 is 2.72 bits per heavy atom. The second kappa shape index (κ2) is 11.0. The van der Waals surface area contributed by atoms with E-state index < -0.39 is 0 Å². The third-order valence-corrected chi connectivity index (χ3v) is 8.22. The van der Waals surface area contributed by atoms with Crippen LogP contribution >= 0.6 is 11.9 Å². The van der Waals surface area contributed by atoms with Gasteiger partial charge in [0.05, 0.1) is 18.6 Å². The zero-order valence-electron chi connectivity index (χ0n) is 21.1. The number of nitrogens with one attached hydrogen (secondary N) is 1. The molecule has 0 saturated heterocycles. The number of hydrogen-bond donors (Lipinski definition) is 1. The molecule has 0 saturated carbocycles. The Labute approximate surface area is 216 Å². The zero-order chi connectivity index (χ0) is 25.1. The Morgan fingerprint density at radius 1 is 1.08 bits per heavy atom. The third-order valence-electron chi connectivity index (χ3n) is 7.03. The summed E-state index contributed by atoms with van der Waals surface area (Å²) in [6.07, 6.45) is 5.80. The summed E-state index contributed by atoms with van der Waals surface area (Å²) in [5.74, 6) is 1.65. The molecule has 0 aliphatic carbocycles. The lowest BCUT2D eigenvalue weighted by atomic mass is 9.88. The molecule has 36 heavy (non-hydrogen) atoms. The van der Waals surface area contributed by atoms with Crippen LogP contribution in [0.2, 0.25) is 0 Å². The summed E-state index contributed by atoms with van der Waals surface area (Å²) < 4.78 is 28.5. The highest BCUT2D eigenvalue weighted by Gasteiger charge is 2.30. The standard InChI is InChI=1S/C30H33FN2O2S/c1-4-20-16-21-14-15-33(36-30-9-7-6-8-26(30)31)28(25(21)18-29(20)35-5-2)13-10-22-19-32-27-12-11-23(34-3)17-24(22)27/h6-9,11-12,16-19,28,32H,4-5,10,13-15H2,1-3H3. The summed E-state index contributed by atoms with van der Waals surface area (Å²) in [7, 11) is 1.70. The first kappa shape index (κ1) is 24.7. The summed E-state index contributed by atoms with van der Waals surface area (Å²) in [4.78, 5) is 4.07. The van der Waals surface area contributed by atoms with Gasteiger partial charge in [-0.1, -0.05) is 25.1 Å². The van der Waals surface area contributed by atoms with E-state index in [-0.39, 0.29) is 11.9 Å². The van der Waals surface area contributed by atoms with E-state index in [0.29, 0.717) is 11.5 Å². The highest BCUT2D eigenvalue weighted by Crippen LogP contribution is 2.43. The number of methoxy groups -OCH3 is 1. The Bertz CT molecular complexity index is 1350. The van der Waals surface area contributed by atoms with Crippen LogP contribution in [0.1, 0.15) is 48.6 Å². The molecule has 1 aliphatic heterocycles. The maximum Gasteiger partial charge on any atom is 0.138 e. The van der Waals surface area contributed by atoms with Gasteiger partial charge in [0.2, 0.25) is 0 Å². The molecule has 1 N–H and O–H groups in total. The maximum atomic E-state index is 14.6. The van der Waals surface area contributed by atoms with Crippen LogP contribution in [0, 0.1) is 5.82 Å². The van der Waals surface area contributed by atoms with E-state index in [9.17, 15) is 4.39 Å². The second-order valence-corrected chi connectivity index (χ2v) is 10.2. The molecule has 2 heterocycles. The van der Waals surface area contributed by atoms with E-state index in [4.69, 9.17) is 9.47 Å². The van der Waals surface area contributed by atoms with Crippen molar-refractivity contribution in [2.45, 2.75) is 50.5 Å². The number of aryl methyl sites for hydroxylation is 2. The van der Waals surface area contributed by atoms with E-state index in [1.165, 1.54) is 45.7 Å². The van der Waals surface area contributed by atoms with Gasteiger partial charge in [-0.05, 0) is 103 Å². The van der Waals surface area contributed by atoms with Gasteiger partial charge in [-0.15, -0.1) is 0 Å². The van der Waals surface area contributed by atoms with Crippen molar-refractivity contribution in [3.8, 4) is 11.5 Å². The number of ether oxygens (including phenoxy) is 2. The summed E-state index contributed by atoms with van der Waals surface area (Å²) in [5.41, 5.74) is 6.31. The molecular formula is C30H33FN2O2S. The minimum absolute atomic E-state index is 0.138. The highest BCUT2D eigenvalue weighted by molar-refractivity contribution is 7.97. The van der Waals surface area contributed by atoms with Crippen LogP contribution in [0.5, 0.6) is 11.5 Å². The molecule has 0 bridgehead atoms. The SMILES string of the molecule is CCOc1cc2c(cc1CC)CCN(Sc1ccccc1F)C2CCc1c[nH]c2ccc(OC)cc12. The molecule has 6 heteroatoms. The van der Waals surface area contributed by atoms with Crippen LogP contribution in [0.3, 0.4) is 0 Å². The number of benzene rings is 3. The average Bonchev–Trinajstić information content (AvgIpc) is 3.31. The van der Waals surface area contributed by atoms with Gasteiger partial charge in [0.25, 0.3) is 0 Å². The lowest BCUT2D eigenvalue weighted by Crippen LogP contribution is -2.31. The first-order valence-electron chi connectivity index (χ1n) is 12.7. The maximum absolute atomic E-state index is 14.6. The third kappa shape index (κ3) is 4.97. The molecule has 1 aliphatic rings. The summed E-state index contributed by atoms with van der Waals surface area (Å²) in [6, 6.07) is 17.9. The van der Waals surface area contributed by atoms with Gasteiger partial charge in [-0.25, -0.2) is 8.70 Å². The molecule has 0 fully saturated rings. The molecule has 188 valence electrons. The number of fused-ring (bicyclic) bond motifs is 2. The van der Waals surface area contributed by atoms with Crippen molar-refractivity contribution in [3.63, 3.8) is 0 Å². The minimum atomic E-state index is -0.174. The van der Waals surface area contributed by atoms with E-state index in [1.807, 2.05) is 25.1 Å². The molecular weight excluding hydrogens is 471 g/mol. The van der Waals surface area contributed by atoms with Gasteiger partial charge in [0, 0.05) is 29.7 Å². The monoisotopic (exact) mass is 504 g/mol. The Hall–Kier alpha value is -2.96. The molecule has 0 radical (unpaired) electrons. The van der Waals surface area contributed by atoms with Gasteiger partial charge >= 0.3 is 0 Å². The van der Waals surface area contributed by atoms with Crippen molar-refractivity contribution >= 4 is 22.9 Å². The molecule has 5 rings (SSSR count). The fraction of sp³-hybridized carbons (Fsp3) is 0.333. The van der Waals surface area contributed by atoms with Crippen molar-refractivity contribution in [2.75, 3.05) is 20.3 Å². The largest absolute Gasteiger partial charge is 0.497 e. The van der Waals surface area contributed by atoms with Crippen LogP contribution in [-0.4, -0.2) is 29.6 Å². The van der Waals surface area contributed by atoms with Crippen LogP contribution in [0.25, 0.3) is 10.9 Å². The van der Waals surface area contributed by atoms with Crippen LogP contribution < -0.4 is 9.47 Å². The van der Waals surface area contributed by atoms with E-state index in [0.717, 1.165) is 49.2 Å². The normalized spacial score (nSPS) is 15.7. The molecule has 4 nitrogen and oxygen atoms in total. The molecule has 0 spiro atoms. The first-order valence-corrected chi connectivity index (χ1v) is 13.5. The minimum Gasteiger partial charge on any atom is -0.497 e. The number of aromatic nitrogens is 1. The van der Waals surface area contributed by atoms with Crippen LogP contribution in [-0.2, 0) is 19.3 Å². The zero-order valence-corrected chi connectivity index (χ0v) is 22.0. The number of nitrogens with zero attached hydrogens (tertiary/aromatic N) is 1. The Balaban J connectivity index is 1.50. The predicted octanol–water partition coefficient (Wildman–Crippen LogP) is 7.52. The number of H-pyrrole nitrogens is 1. The van der Waals surface area contributed by atoms with E-state index in [2.05, 4.69) is 46.7 Å². The van der Waals surface area contributed by atoms with Crippen LogP contribution in [0.15, 0.2) is 65.7 Å². The van der Waals surface area contributed by atoms with Crippen molar-refractivity contribution < 1.29 is 13.9 Å². The van der Waals surface area contributed by atoms with E-state index in [1.54, 1.807) is 13.2 Å². The molecule has 4 aromatic rings. The topological polar surface area (TPSA) is 37.5 Å². The smallest absolute Gasteiger partial charge is 0.138 e. The van der Waals surface area contributed by atoms with Crippen LogP contribution in [0.4, 0.5) is 4.39 Å². The second-order valence-electron chi connectivity index (χ2n) is 9.14. The summed E-state index contributed by atoms with van der Waals surface area (Å²) >= 11 is 1.53. The molecule has 1 atom stereocenters. The fourth-order valence-corrected chi connectivity index (χ4v) is 6.24. The lowest BCUT2D eigenvalue weighted by Gasteiger charge is -2.37. The first-order chi connectivity index (χ1) is 17.6. The van der Waals surface area contributed by atoms with Gasteiger partial charge in [0.15, 0.2) is 0 Å². The van der Waals surface area contributed by atoms with Crippen molar-refractivity contribution in [3.05, 3.63) is 88.9 Å². The lowest BCUT2D eigenvalue weighted by molar-refractivity contribution is 0.313. The van der Waals surface area contributed by atoms with E-state index >= 15 is 0 Å². The van der Waals surface area contributed by atoms with Crippen molar-refractivity contribution in [1.82, 2.24) is 9.29 Å². The predicted molar refractivity (Wildman–Crippen MR) is 146 cm³/mol. The Morgan fingerprint density at radius 2 is 1.94 bits per heavy atom. The number of halogens is 1. The quantitative estimate of drug-likeness (QED) is 0.239. The van der Waals surface area contributed by atoms with Gasteiger partial charge in [-0.3, -0.25) is 0 Å². The summed E-state index contributed by atoms with van der Waals surface area (Å²) in [6.45, 7) is 5.72. The van der Waals surface area contributed by atoms with Gasteiger partial charge in [0.1, 0.15) is 17.3 Å². The number of hydrogen-bond acceptors (Lipinski definition) is 4. The number of rotatable bonds is 9. The molecule has 1 aromatic heterocycles. The fourth-order valence-electron chi connectivity index (χ4n) is 5.16. The number of aromatic amines is 1.